The minimum atomic E-state index is 0.750. The van der Waals surface area contributed by atoms with Crippen molar-refractivity contribution < 1.29 is 4.79 Å². The lowest BCUT2D eigenvalue weighted by Crippen LogP contribution is -2.43. The molecule has 1 N–H and O–H groups in total. The number of carbonyl (C=O) groups excluding carboxylic acids is 1. The average molecular weight is 452 g/mol. The number of fused-ring (bicyclic) bond motifs is 1. The van der Waals surface area contributed by atoms with E-state index in [1.54, 1.807) is 0 Å². The zero-order valence-electron chi connectivity index (χ0n) is 20.4. The third-order valence-electron chi connectivity index (χ3n) is 5.71. The standard InChI is InChI=1S/C18H22N6.C5H11N.C2H4O/c1-2-4-16-14(5-3-7-20-16)15-13-21-24-10-6-17(22-18(15)24)23-11-8-19-9-12-23;1-5-3-6(2)4-5;1-2-3/h3,5-7,10,13,19H,2,4,8-9,11-12H2,1H3;5H,3-4H2,1-2H3;2H,1H3. The number of aldehydes is 1. The van der Waals surface area contributed by atoms with E-state index in [0.717, 1.165) is 79.5 Å². The molecule has 8 heteroatoms. The molecule has 2 saturated heterocycles. The topological polar surface area (TPSA) is 78.7 Å². The normalized spacial score (nSPS) is 16.3. The van der Waals surface area contributed by atoms with Gasteiger partial charge in [0.25, 0.3) is 0 Å². The summed E-state index contributed by atoms with van der Waals surface area (Å²) in [5.41, 5.74) is 4.21. The third kappa shape index (κ3) is 6.58. The Labute approximate surface area is 197 Å². The number of piperazine rings is 1. The van der Waals surface area contributed by atoms with Gasteiger partial charge in [-0.25, -0.2) is 9.50 Å². The summed E-state index contributed by atoms with van der Waals surface area (Å²) in [5.74, 6) is 1.99. The smallest absolute Gasteiger partial charge is 0.165 e. The summed E-state index contributed by atoms with van der Waals surface area (Å²) in [6.07, 6.45) is 8.55. The molecule has 0 atom stereocenters. The maximum absolute atomic E-state index is 8.81. The first-order chi connectivity index (χ1) is 16.1. The van der Waals surface area contributed by atoms with E-state index in [0.29, 0.717) is 0 Å². The number of nitrogens with one attached hydrogen (secondary N) is 1. The summed E-state index contributed by atoms with van der Waals surface area (Å²) in [6.45, 7) is 12.5. The van der Waals surface area contributed by atoms with Crippen LogP contribution in [0.5, 0.6) is 0 Å². The number of hydrogen-bond acceptors (Lipinski definition) is 7. The predicted octanol–water partition coefficient (Wildman–Crippen LogP) is 2.93. The summed E-state index contributed by atoms with van der Waals surface area (Å²) >= 11 is 0. The third-order valence-corrected chi connectivity index (χ3v) is 5.71. The number of carbonyl (C=O) groups is 1. The summed E-state index contributed by atoms with van der Waals surface area (Å²) in [4.78, 5) is 22.9. The van der Waals surface area contributed by atoms with Gasteiger partial charge in [0.05, 0.1) is 6.20 Å². The number of likely N-dealkylation sites (tertiary alicyclic amines) is 1. The van der Waals surface area contributed by atoms with Crippen LogP contribution in [0.4, 0.5) is 5.82 Å². The number of nitrogens with zero attached hydrogens (tertiary/aromatic N) is 6. The van der Waals surface area contributed by atoms with Crippen LogP contribution < -0.4 is 10.2 Å². The Morgan fingerprint density at radius 1 is 1.18 bits per heavy atom. The van der Waals surface area contributed by atoms with Crippen LogP contribution in [0.25, 0.3) is 16.8 Å². The number of aromatic nitrogens is 4. The van der Waals surface area contributed by atoms with Gasteiger partial charge in [-0.3, -0.25) is 4.98 Å². The van der Waals surface area contributed by atoms with Gasteiger partial charge in [-0.05, 0) is 38.4 Å². The van der Waals surface area contributed by atoms with Gasteiger partial charge < -0.3 is 19.9 Å². The number of aryl methyl sites for hydroxylation is 1. The molecule has 8 nitrogen and oxygen atoms in total. The van der Waals surface area contributed by atoms with Gasteiger partial charge >= 0.3 is 0 Å². The first kappa shape index (κ1) is 24.8. The van der Waals surface area contributed by atoms with Gasteiger partial charge in [0.15, 0.2) is 5.65 Å². The average Bonchev–Trinajstić information content (AvgIpc) is 3.24. The van der Waals surface area contributed by atoms with E-state index in [9.17, 15) is 0 Å². The molecule has 0 saturated carbocycles. The van der Waals surface area contributed by atoms with Gasteiger partial charge in [-0.1, -0.05) is 26.3 Å². The van der Waals surface area contributed by atoms with Crippen molar-refractivity contribution in [2.24, 2.45) is 5.92 Å². The Morgan fingerprint density at radius 2 is 1.91 bits per heavy atom. The fourth-order valence-corrected chi connectivity index (χ4v) is 4.25. The number of pyridine rings is 1. The van der Waals surface area contributed by atoms with Crippen LogP contribution in [0, 0.1) is 5.92 Å². The quantitative estimate of drug-likeness (QED) is 0.611. The van der Waals surface area contributed by atoms with Crippen molar-refractivity contribution in [3.8, 4) is 11.1 Å². The Bertz CT molecular complexity index is 1000. The largest absolute Gasteiger partial charge is 0.354 e. The molecule has 2 aliphatic heterocycles. The summed E-state index contributed by atoms with van der Waals surface area (Å²) < 4.78 is 1.85. The lowest BCUT2D eigenvalue weighted by Gasteiger charge is -2.33. The number of rotatable bonds is 4. The molecule has 5 rings (SSSR count). The van der Waals surface area contributed by atoms with Crippen LogP contribution >= 0.6 is 0 Å². The Kier molecular flexibility index (Phi) is 9.33. The molecule has 5 heterocycles. The van der Waals surface area contributed by atoms with Crippen molar-refractivity contribution in [3.05, 3.63) is 42.5 Å². The molecule has 3 aromatic heterocycles. The molecule has 2 aliphatic rings. The highest BCUT2D eigenvalue weighted by molar-refractivity contribution is 5.79. The lowest BCUT2D eigenvalue weighted by atomic mass is 10.0. The van der Waals surface area contributed by atoms with Crippen LogP contribution in [0.15, 0.2) is 36.8 Å². The van der Waals surface area contributed by atoms with Crippen LogP contribution in [0.3, 0.4) is 0 Å². The van der Waals surface area contributed by atoms with Crippen molar-refractivity contribution in [1.29, 1.82) is 0 Å². The van der Waals surface area contributed by atoms with Crippen LogP contribution in [-0.2, 0) is 11.2 Å². The van der Waals surface area contributed by atoms with E-state index in [1.165, 1.54) is 20.0 Å². The SMILES string of the molecule is CC1CN(C)C1.CC=O.CCCc1ncccc1-c1cnn2ccc(N3CCNCC3)nc12. The molecule has 0 bridgehead atoms. The van der Waals surface area contributed by atoms with Crippen molar-refractivity contribution in [3.63, 3.8) is 0 Å². The molecule has 33 heavy (non-hydrogen) atoms. The summed E-state index contributed by atoms with van der Waals surface area (Å²) in [6, 6.07) is 6.15. The number of hydrogen-bond donors (Lipinski definition) is 1. The van der Waals surface area contributed by atoms with E-state index < -0.39 is 0 Å². The maximum atomic E-state index is 8.81. The lowest BCUT2D eigenvalue weighted by molar-refractivity contribution is -0.106. The van der Waals surface area contributed by atoms with Crippen molar-refractivity contribution >= 4 is 17.8 Å². The monoisotopic (exact) mass is 451 g/mol. The fraction of sp³-hybridized carbons (Fsp3) is 0.520. The van der Waals surface area contributed by atoms with Gasteiger partial charge in [-0.2, -0.15) is 5.10 Å². The van der Waals surface area contributed by atoms with Crippen LogP contribution in [0.1, 0.15) is 32.9 Å². The van der Waals surface area contributed by atoms with E-state index in [2.05, 4.69) is 52.2 Å². The molecule has 0 amide bonds. The molecule has 0 unspecified atom stereocenters. The van der Waals surface area contributed by atoms with Crippen molar-refractivity contribution in [2.45, 2.75) is 33.6 Å². The zero-order chi connectivity index (χ0) is 23.6. The second-order valence-electron chi connectivity index (χ2n) is 8.66. The highest BCUT2D eigenvalue weighted by Crippen LogP contribution is 2.27. The Morgan fingerprint density at radius 3 is 2.52 bits per heavy atom. The molecular weight excluding hydrogens is 414 g/mol. The second kappa shape index (κ2) is 12.4. The summed E-state index contributed by atoms with van der Waals surface area (Å²) in [7, 11) is 2.15. The second-order valence-corrected chi connectivity index (χ2v) is 8.66. The van der Waals surface area contributed by atoms with Gasteiger partial charge in [-0.15, -0.1) is 0 Å². The van der Waals surface area contributed by atoms with Crippen molar-refractivity contribution in [2.75, 3.05) is 51.2 Å². The fourth-order valence-electron chi connectivity index (χ4n) is 4.25. The molecule has 0 aromatic carbocycles. The molecule has 0 aliphatic carbocycles. The molecule has 0 radical (unpaired) electrons. The van der Waals surface area contributed by atoms with Gasteiger partial charge in [0.1, 0.15) is 12.1 Å². The minimum absolute atomic E-state index is 0.750. The Hall–Kier alpha value is -2.84. The van der Waals surface area contributed by atoms with Crippen molar-refractivity contribution in [1.82, 2.24) is 29.8 Å². The van der Waals surface area contributed by atoms with E-state index in [1.807, 2.05) is 35.2 Å². The first-order valence-corrected chi connectivity index (χ1v) is 11.9. The maximum Gasteiger partial charge on any atom is 0.165 e. The van der Waals surface area contributed by atoms with Crippen LogP contribution in [0.2, 0.25) is 0 Å². The van der Waals surface area contributed by atoms with E-state index in [4.69, 9.17) is 9.78 Å². The molecule has 2 fully saturated rings. The highest BCUT2D eigenvalue weighted by atomic mass is 16.1. The van der Waals surface area contributed by atoms with E-state index >= 15 is 0 Å². The minimum Gasteiger partial charge on any atom is -0.354 e. The molecule has 0 spiro atoms. The first-order valence-electron chi connectivity index (χ1n) is 11.9. The van der Waals surface area contributed by atoms with Gasteiger partial charge in [0, 0.05) is 68.5 Å². The molecule has 178 valence electrons. The Balaban J connectivity index is 0.000000288. The molecular formula is C25H37N7O. The highest BCUT2D eigenvalue weighted by Gasteiger charge is 2.17. The summed E-state index contributed by atoms with van der Waals surface area (Å²) in [5, 5.41) is 7.86. The number of anilines is 1. The zero-order valence-corrected chi connectivity index (χ0v) is 20.4. The van der Waals surface area contributed by atoms with Gasteiger partial charge in [0.2, 0.25) is 0 Å². The van der Waals surface area contributed by atoms with Crippen LogP contribution in [-0.4, -0.2) is 77.1 Å². The van der Waals surface area contributed by atoms with E-state index in [-0.39, 0.29) is 0 Å². The molecule has 3 aromatic rings. The predicted molar refractivity (Wildman–Crippen MR) is 134 cm³/mol.